The molecule has 2 amide bonds. The lowest BCUT2D eigenvalue weighted by molar-refractivity contribution is 0.0376. The fraction of sp³-hybridized carbons (Fsp3) is 0.444. The molecule has 35 heavy (non-hydrogen) atoms. The maximum atomic E-state index is 13.7. The van der Waals surface area contributed by atoms with Gasteiger partial charge in [0.25, 0.3) is 0 Å². The number of urea groups is 1. The zero-order chi connectivity index (χ0) is 24.4. The van der Waals surface area contributed by atoms with E-state index in [1.54, 1.807) is 18.4 Å². The number of nitrogens with zero attached hydrogens (tertiary/aromatic N) is 2. The Kier molecular flexibility index (Phi) is 7.51. The third kappa shape index (κ3) is 5.01. The summed E-state index contributed by atoms with van der Waals surface area (Å²) in [6.45, 7) is 5.72. The van der Waals surface area contributed by atoms with Crippen LogP contribution in [0.3, 0.4) is 0 Å². The van der Waals surface area contributed by atoms with Gasteiger partial charge in [-0.25, -0.2) is 4.79 Å². The number of carbonyl (C=O) groups is 1. The van der Waals surface area contributed by atoms with E-state index in [4.69, 9.17) is 14.2 Å². The molecule has 0 aliphatic carbocycles. The van der Waals surface area contributed by atoms with Crippen LogP contribution in [-0.2, 0) is 17.6 Å². The molecule has 2 aromatic carbocycles. The number of ether oxygens (including phenoxy) is 3. The van der Waals surface area contributed by atoms with Crippen LogP contribution in [0.5, 0.6) is 11.5 Å². The molecule has 0 spiro atoms. The average molecular weight is 560 g/mol. The third-order valence-electron chi connectivity index (χ3n) is 6.91. The Bertz CT molecular complexity index is 1210. The number of fused-ring (bicyclic) bond motifs is 2. The summed E-state index contributed by atoms with van der Waals surface area (Å²) in [5, 5.41) is 3.55. The van der Waals surface area contributed by atoms with Crippen LogP contribution in [0.15, 0.2) is 40.2 Å². The Morgan fingerprint density at radius 1 is 1.17 bits per heavy atom. The Morgan fingerprint density at radius 3 is 2.77 bits per heavy atom. The van der Waals surface area contributed by atoms with E-state index < -0.39 is 0 Å². The molecule has 1 saturated heterocycles. The lowest BCUT2D eigenvalue weighted by atomic mass is 9.88. The van der Waals surface area contributed by atoms with Crippen LogP contribution in [0.2, 0.25) is 0 Å². The number of rotatable bonds is 6. The van der Waals surface area contributed by atoms with Crippen LogP contribution in [-0.4, -0.2) is 62.4 Å². The number of benzene rings is 2. The summed E-state index contributed by atoms with van der Waals surface area (Å²) in [5.41, 5.74) is 3.73. The highest BCUT2D eigenvalue weighted by Crippen LogP contribution is 2.41. The molecule has 1 unspecified atom stereocenters. The summed E-state index contributed by atoms with van der Waals surface area (Å²) in [5.74, 6) is 1.50. The van der Waals surface area contributed by atoms with E-state index in [0.717, 1.165) is 35.2 Å². The van der Waals surface area contributed by atoms with Gasteiger partial charge < -0.3 is 24.0 Å². The van der Waals surface area contributed by atoms with Crippen molar-refractivity contribution in [3.05, 3.63) is 56.9 Å². The summed E-state index contributed by atoms with van der Waals surface area (Å²) in [4.78, 5) is 17.7. The number of morpholine rings is 1. The Morgan fingerprint density at radius 2 is 2.00 bits per heavy atom. The second kappa shape index (κ2) is 10.8. The van der Waals surface area contributed by atoms with Gasteiger partial charge in [-0.2, -0.15) is 0 Å². The number of methoxy groups -OCH3 is 1. The van der Waals surface area contributed by atoms with Crippen molar-refractivity contribution in [2.24, 2.45) is 0 Å². The highest BCUT2D eigenvalue weighted by Gasteiger charge is 2.34. The van der Waals surface area contributed by atoms with E-state index in [2.05, 4.69) is 56.5 Å². The number of amides is 2. The Balaban J connectivity index is 1.49. The minimum absolute atomic E-state index is 0.0266. The van der Waals surface area contributed by atoms with Crippen LogP contribution >= 0.6 is 27.3 Å². The van der Waals surface area contributed by atoms with Gasteiger partial charge in [0.1, 0.15) is 0 Å². The van der Waals surface area contributed by atoms with Crippen LogP contribution in [0.4, 0.5) is 4.79 Å². The molecular weight excluding hydrogens is 528 g/mol. The molecule has 3 heterocycles. The van der Waals surface area contributed by atoms with E-state index in [1.807, 2.05) is 11.8 Å². The van der Waals surface area contributed by atoms with Crippen LogP contribution in [0.25, 0.3) is 10.1 Å². The van der Waals surface area contributed by atoms with E-state index in [9.17, 15) is 4.79 Å². The predicted molar refractivity (Wildman–Crippen MR) is 143 cm³/mol. The van der Waals surface area contributed by atoms with Gasteiger partial charge in [-0.3, -0.25) is 0 Å². The molecule has 0 saturated carbocycles. The molecule has 5 rings (SSSR count). The number of thiophene rings is 1. The standard InChI is InChI=1S/C27H31BrN2O4S/c1-3-34-25-16-21-18(14-24(25)32-2)8-9-30(27(31)29-10-12-33-13-11-29)23(21)6-4-19-17-35-26-7-5-20(28)15-22(19)26/h5,7,14-17,23H,3-4,6,8-13H2,1-2H3. The first-order chi connectivity index (χ1) is 17.1. The second-order valence-electron chi connectivity index (χ2n) is 8.92. The van der Waals surface area contributed by atoms with Crippen molar-refractivity contribution in [3.63, 3.8) is 0 Å². The average Bonchev–Trinajstić information content (AvgIpc) is 3.29. The van der Waals surface area contributed by atoms with Crippen LogP contribution in [0.1, 0.15) is 36.1 Å². The fourth-order valence-electron chi connectivity index (χ4n) is 5.15. The topological polar surface area (TPSA) is 51.2 Å². The zero-order valence-electron chi connectivity index (χ0n) is 20.2. The molecule has 186 valence electrons. The largest absolute Gasteiger partial charge is 0.493 e. The van der Waals surface area contributed by atoms with E-state index in [1.165, 1.54) is 26.8 Å². The highest BCUT2D eigenvalue weighted by atomic mass is 79.9. The SMILES string of the molecule is CCOc1cc2c(cc1OC)CCN(C(=O)N1CCOCC1)C2CCc1csc2ccc(Br)cc12. The van der Waals surface area contributed by atoms with Crippen molar-refractivity contribution in [2.75, 3.05) is 46.6 Å². The van der Waals surface area contributed by atoms with Crippen LogP contribution < -0.4 is 9.47 Å². The van der Waals surface area contributed by atoms with Gasteiger partial charge in [0.15, 0.2) is 11.5 Å². The van der Waals surface area contributed by atoms with Gasteiger partial charge in [0.05, 0.1) is 33.0 Å². The summed E-state index contributed by atoms with van der Waals surface area (Å²) < 4.78 is 19.4. The van der Waals surface area contributed by atoms with E-state index >= 15 is 0 Å². The van der Waals surface area contributed by atoms with Gasteiger partial charge in [0.2, 0.25) is 0 Å². The van der Waals surface area contributed by atoms with Gasteiger partial charge in [0, 0.05) is 28.8 Å². The van der Waals surface area contributed by atoms with E-state index in [-0.39, 0.29) is 12.1 Å². The quantitative estimate of drug-likeness (QED) is 0.369. The maximum absolute atomic E-state index is 13.7. The number of hydrogen-bond acceptors (Lipinski definition) is 5. The van der Waals surface area contributed by atoms with E-state index in [0.29, 0.717) is 39.5 Å². The molecule has 0 N–H and O–H groups in total. The minimum atomic E-state index is -0.0266. The van der Waals surface area contributed by atoms with Gasteiger partial charge in [-0.1, -0.05) is 15.9 Å². The third-order valence-corrected chi connectivity index (χ3v) is 8.42. The highest BCUT2D eigenvalue weighted by molar-refractivity contribution is 9.10. The number of hydrogen-bond donors (Lipinski definition) is 0. The van der Waals surface area contributed by atoms with Crippen molar-refractivity contribution < 1.29 is 19.0 Å². The monoisotopic (exact) mass is 558 g/mol. The second-order valence-corrected chi connectivity index (χ2v) is 10.7. The minimum Gasteiger partial charge on any atom is -0.493 e. The van der Waals surface area contributed by atoms with Crippen molar-refractivity contribution in [3.8, 4) is 11.5 Å². The predicted octanol–water partition coefficient (Wildman–Crippen LogP) is 6.06. The smallest absolute Gasteiger partial charge is 0.320 e. The lowest BCUT2D eigenvalue weighted by Crippen LogP contribution is -2.51. The molecule has 2 aliphatic heterocycles. The molecule has 0 bridgehead atoms. The van der Waals surface area contributed by atoms with Crippen LogP contribution in [0, 0.1) is 0 Å². The Labute approximate surface area is 218 Å². The summed E-state index contributed by atoms with van der Waals surface area (Å²) in [6.07, 6.45) is 2.54. The number of carbonyl (C=O) groups excluding carboxylic acids is 1. The maximum Gasteiger partial charge on any atom is 0.320 e. The molecule has 2 aliphatic rings. The van der Waals surface area contributed by atoms with Crippen molar-refractivity contribution >= 4 is 43.4 Å². The first kappa shape index (κ1) is 24.4. The lowest BCUT2D eigenvalue weighted by Gasteiger charge is -2.41. The van der Waals surface area contributed by atoms with Crippen molar-refractivity contribution in [1.82, 2.24) is 9.80 Å². The summed E-state index contributed by atoms with van der Waals surface area (Å²) in [6, 6.07) is 10.7. The van der Waals surface area contributed by atoms with Crippen molar-refractivity contribution in [2.45, 2.75) is 32.2 Å². The first-order valence-corrected chi connectivity index (χ1v) is 13.9. The van der Waals surface area contributed by atoms with Gasteiger partial charge in [-0.05, 0) is 84.0 Å². The summed E-state index contributed by atoms with van der Waals surface area (Å²) in [7, 11) is 1.68. The van der Waals surface area contributed by atoms with Gasteiger partial charge in [-0.15, -0.1) is 11.3 Å². The normalized spacial score (nSPS) is 18.0. The molecular formula is C27H31BrN2O4S. The molecule has 1 fully saturated rings. The fourth-order valence-corrected chi connectivity index (χ4v) is 6.49. The number of halogens is 1. The first-order valence-electron chi connectivity index (χ1n) is 12.2. The van der Waals surface area contributed by atoms with Crippen molar-refractivity contribution in [1.29, 1.82) is 0 Å². The molecule has 1 atom stereocenters. The zero-order valence-corrected chi connectivity index (χ0v) is 22.6. The molecule has 1 aromatic heterocycles. The summed E-state index contributed by atoms with van der Waals surface area (Å²) >= 11 is 5.40. The van der Waals surface area contributed by atoms with Gasteiger partial charge >= 0.3 is 6.03 Å². The molecule has 0 radical (unpaired) electrons. The molecule has 8 heteroatoms. The Hall–Kier alpha value is -2.29. The molecule has 3 aromatic rings. The number of aryl methyl sites for hydroxylation is 1. The molecule has 6 nitrogen and oxygen atoms in total.